The van der Waals surface area contributed by atoms with Crippen LogP contribution in [-0.2, 0) is 19.6 Å². The van der Waals surface area contributed by atoms with Gasteiger partial charge in [-0.1, -0.05) is 18.9 Å². The molecule has 1 aliphatic heterocycles. The van der Waals surface area contributed by atoms with Crippen molar-refractivity contribution < 1.29 is 22.7 Å². The van der Waals surface area contributed by atoms with Gasteiger partial charge < -0.3 is 9.64 Å². The van der Waals surface area contributed by atoms with Gasteiger partial charge in [-0.2, -0.15) is 0 Å². The molecule has 0 aromatic heterocycles. The predicted molar refractivity (Wildman–Crippen MR) is 109 cm³/mol. The summed E-state index contributed by atoms with van der Waals surface area (Å²) in [5, 5.41) is 0. The van der Waals surface area contributed by atoms with Crippen LogP contribution in [0.2, 0.25) is 0 Å². The highest BCUT2D eigenvalue weighted by Crippen LogP contribution is 2.35. The van der Waals surface area contributed by atoms with Crippen molar-refractivity contribution in [2.24, 2.45) is 5.92 Å². The van der Waals surface area contributed by atoms with Crippen LogP contribution in [0.1, 0.15) is 54.4 Å². The number of benzene rings is 1. The first kappa shape index (κ1) is 21.8. The summed E-state index contributed by atoms with van der Waals surface area (Å²) < 4.78 is 31.1. The molecule has 0 bridgehead atoms. The number of sulfonamides is 1. The second-order valence-electron chi connectivity index (χ2n) is 8.18. The zero-order valence-corrected chi connectivity index (χ0v) is 18.2. The lowest BCUT2D eigenvalue weighted by atomic mass is 9.78. The number of nitrogens with zero attached hydrogens (tertiary/aromatic N) is 2. The average molecular weight is 423 g/mol. The number of fused-ring (bicyclic) bond motifs is 1. The first-order valence-electron chi connectivity index (χ1n) is 10.2. The number of piperidine rings is 1. The smallest absolute Gasteiger partial charge is 0.338 e. The Kier molecular flexibility index (Phi) is 6.63. The summed E-state index contributed by atoms with van der Waals surface area (Å²) in [6, 6.07) is 4.62. The molecule has 1 aliphatic carbocycles. The highest BCUT2D eigenvalue weighted by atomic mass is 32.2. The van der Waals surface area contributed by atoms with E-state index in [1.54, 1.807) is 13.0 Å². The molecule has 1 aromatic carbocycles. The first-order chi connectivity index (χ1) is 13.7. The number of amides is 1. The molecule has 1 amide bonds. The van der Waals surface area contributed by atoms with Gasteiger partial charge in [0.2, 0.25) is 10.0 Å². The largest absolute Gasteiger partial charge is 0.452 e. The SMILES string of the molecule is Cc1ccc(S(=O)(=O)N(C)C)cc1C(=O)OCC(=O)N1CCC[C@H]2CCCC[C@@H]21. The lowest BCUT2D eigenvalue weighted by Crippen LogP contribution is -2.50. The number of carbonyl (C=O) groups excluding carboxylic acids is 2. The molecule has 0 radical (unpaired) electrons. The molecule has 8 heteroatoms. The van der Waals surface area contributed by atoms with Crippen LogP contribution in [-0.4, -0.2) is 62.8 Å². The quantitative estimate of drug-likeness (QED) is 0.681. The third-order valence-corrected chi connectivity index (χ3v) is 7.91. The van der Waals surface area contributed by atoms with Gasteiger partial charge >= 0.3 is 5.97 Å². The number of hydrogen-bond donors (Lipinski definition) is 0. The Bertz CT molecular complexity index is 879. The molecule has 1 heterocycles. The molecule has 1 saturated carbocycles. The van der Waals surface area contributed by atoms with Gasteiger partial charge in [0.1, 0.15) is 0 Å². The van der Waals surface area contributed by atoms with Crippen LogP contribution >= 0.6 is 0 Å². The van der Waals surface area contributed by atoms with Gasteiger partial charge in [-0.3, -0.25) is 4.79 Å². The van der Waals surface area contributed by atoms with Crippen molar-refractivity contribution in [3.05, 3.63) is 29.3 Å². The molecule has 160 valence electrons. The Morgan fingerprint density at radius 3 is 2.55 bits per heavy atom. The van der Waals surface area contributed by atoms with E-state index in [0.29, 0.717) is 18.0 Å². The van der Waals surface area contributed by atoms with E-state index in [2.05, 4.69) is 0 Å². The van der Waals surface area contributed by atoms with E-state index in [9.17, 15) is 18.0 Å². The van der Waals surface area contributed by atoms with E-state index in [4.69, 9.17) is 4.74 Å². The van der Waals surface area contributed by atoms with Crippen LogP contribution in [0.4, 0.5) is 0 Å². The second-order valence-corrected chi connectivity index (χ2v) is 10.3. The van der Waals surface area contributed by atoms with Gasteiger partial charge in [0.05, 0.1) is 10.5 Å². The molecule has 1 aromatic rings. The van der Waals surface area contributed by atoms with Gasteiger partial charge in [0, 0.05) is 26.7 Å². The lowest BCUT2D eigenvalue weighted by Gasteiger charge is -2.44. The Hall–Kier alpha value is -1.93. The zero-order valence-electron chi connectivity index (χ0n) is 17.4. The van der Waals surface area contributed by atoms with Gasteiger partial charge in [-0.25, -0.2) is 17.5 Å². The highest BCUT2D eigenvalue weighted by Gasteiger charge is 2.36. The Morgan fingerprint density at radius 1 is 1.14 bits per heavy atom. The Morgan fingerprint density at radius 2 is 1.83 bits per heavy atom. The van der Waals surface area contributed by atoms with Crippen LogP contribution in [0.15, 0.2) is 23.1 Å². The Labute approximate surface area is 173 Å². The molecule has 2 aliphatic rings. The number of hydrogen-bond acceptors (Lipinski definition) is 5. The minimum absolute atomic E-state index is 0.0208. The fourth-order valence-corrected chi connectivity index (χ4v) is 5.34. The van der Waals surface area contributed by atoms with Crippen LogP contribution in [0.5, 0.6) is 0 Å². The van der Waals surface area contributed by atoms with Crippen LogP contribution < -0.4 is 0 Å². The molecule has 29 heavy (non-hydrogen) atoms. The van der Waals surface area contributed by atoms with Crippen LogP contribution in [0.25, 0.3) is 0 Å². The maximum Gasteiger partial charge on any atom is 0.338 e. The molecule has 3 rings (SSSR count). The molecule has 0 unspecified atom stereocenters. The zero-order chi connectivity index (χ0) is 21.2. The van der Waals surface area contributed by atoms with Crippen molar-refractivity contribution in [2.75, 3.05) is 27.2 Å². The number of carbonyl (C=O) groups is 2. The standard InChI is InChI=1S/C21H30N2O5S/c1-15-10-11-17(29(26,27)22(2)3)13-18(15)21(25)28-14-20(24)23-12-6-8-16-7-4-5-9-19(16)23/h10-11,13,16,19H,4-9,12,14H2,1-3H3/t16-,19+/m1/s1. The van der Waals surface area contributed by atoms with E-state index in [1.807, 2.05) is 4.90 Å². The van der Waals surface area contributed by atoms with Crippen LogP contribution in [0.3, 0.4) is 0 Å². The van der Waals surface area contributed by atoms with Gasteiger partial charge in [-0.15, -0.1) is 0 Å². The highest BCUT2D eigenvalue weighted by molar-refractivity contribution is 7.89. The van der Waals surface area contributed by atoms with Gasteiger partial charge in [0.15, 0.2) is 6.61 Å². The van der Waals surface area contributed by atoms with E-state index >= 15 is 0 Å². The van der Waals surface area contributed by atoms with Gasteiger partial charge in [-0.05, 0) is 56.2 Å². The van der Waals surface area contributed by atoms with Gasteiger partial charge in [0.25, 0.3) is 5.91 Å². The third kappa shape index (κ3) is 4.64. The molecule has 0 spiro atoms. The van der Waals surface area contributed by atoms with E-state index in [-0.39, 0.29) is 29.0 Å². The summed E-state index contributed by atoms with van der Waals surface area (Å²) in [5.74, 6) is -0.277. The summed E-state index contributed by atoms with van der Waals surface area (Å²) in [7, 11) is -0.794. The number of ether oxygens (including phenoxy) is 1. The summed E-state index contributed by atoms with van der Waals surface area (Å²) in [5.41, 5.74) is 0.764. The topological polar surface area (TPSA) is 84.0 Å². The molecular weight excluding hydrogens is 392 g/mol. The first-order valence-corrected chi connectivity index (χ1v) is 11.7. The normalized spacial score (nSPS) is 22.3. The molecule has 1 saturated heterocycles. The van der Waals surface area contributed by atoms with E-state index < -0.39 is 16.0 Å². The Balaban J connectivity index is 1.68. The summed E-state index contributed by atoms with van der Waals surface area (Å²) in [6.45, 7) is 2.11. The molecule has 2 fully saturated rings. The molecule has 7 nitrogen and oxygen atoms in total. The minimum atomic E-state index is -3.66. The molecule has 0 N–H and O–H groups in total. The van der Waals surface area contributed by atoms with E-state index in [1.165, 1.54) is 45.5 Å². The summed E-state index contributed by atoms with van der Waals surface area (Å²) in [4.78, 5) is 27.2. The molecular formula is C21H30N2O5S. The van der Waals surface area contributed by atoms with Crippen molar-refractivity contribution in [3.8, 4) is 0 Å². The monoisotopic (exact) mass is 422 g/mol. The van der Waals surface area contributed by atoms with Crippen molar-refractivity contribution in [1.29, 1.82) is 0 Å². The number of likely N-dealkylation sites (tertiary alicyclic amines) is 1. The summed E-state index contributed by atoms with van der Waals surface area (Å²) >= 11 is 0. The predicted octanol–water partition coefficient (Wildman–Crippen LogP) is 2.58. The van der Waals surface area contributed by atoms with Crippen molar-refractivity contribution in [2.45, 2.75) is 56.4 Å². The maximum atomic E-state index is 12.7. The minimum Gasteiger partial charge on any atom is -0.452 e. The van der Waals surface area contributed by atoms with Crippen LogP contribution in [0, 0.1) is 12.8 Å². The van der Waals surface area contributed by atoms with Crippen molar-refractivity contribution in [1.82, 2.24) is 9.21 Å². The fraction of sp³-hybridized carbons (Fsp3) is 0.619. The van der Waals surface area contributed by atoms with E-state index in [0.717, 1.165) is 23.6 Å². The second kappa shape index (κ2) is 8.83. The van der Waals surface area contributed by atoms with Crippen molar-refractivity contribution in [3.63, 3.8) is 0 Å². The lowest BCUT2D eigenvalue weighted by molar-refractivity contribution is -0.140. The summed E-state index contributed by atoms with van der Waals surface area (Å²) in [6.07, 6.45) is 6.71. The maximum absolute atomic E-state index is 12.7. The van der Waals surface area contributed by atoms with Crippen molar-refractivity contribution >= 4 is 21.9 Å². The fourth-order valence-electron chi connectivity index (χ4n) is 4.41. The number of aryl methyl sites for hydroxylation is 1. The molecule has 2 atom stereocenters. The third-order valence-electron chi connectivity index (χ3n) is 6.10. The number of esters is 1. The average Bonchev–Trinajstić information content (AvgIpc) is 2.71. The number of rotatable bonds is 5.